The molecule has 0 aliphatic carbocycles. The van der Waals surface area contributed by atoms with E-state index in [1.807, 2.05) is 30.5 Å². The monoisotopic (exact) mass is 203 g/mol. The number of aromatic nitrogens is 1. The summed E-state index contributed by atoms with van der Waals surface area (Å²) in [6.45, 7) is 2.08. The van der Waals surface area contributed by atoms with Gasteiger partial charge in [0.1, 0.15) is 0 Å². The van der Waals surface area contributed by atoms with Crippen LogP contribution in [0.5, 0.6) is 0 Å². The lowest BCUT2D eigenvalue weighted by atomic mass is 10.1. The van der Waals surface area contributed by atoms with E-state index in [1.54, 1.807) is 0 Å². The van der Waals surface area contributed by atoms with E-state index < -0.39 is 0 Å². The van der Waals surface area contributed by atoms with Gasteiger partial charge in [-0.05, 0) is 24.6 Å². The second-order valence-corrected chi connectivity index (χ2v) is 3.08. The molecule has 0 spiro atoms. The second kappa shape index (κ2) is 5.91. The lowest BCUT2D eigenvalue weighted by Gasteiger charge is -2.00. The second-order valence-electron chi connectivity index (χ2n) is 3.08. The van der Waals surface area contributed by atoms with E-state index in [9.17, 15) is 4.39 Å². The van der Waals surface area contributed by atoms with Gasteiger partial charge in [-0.1, -0.05) is 30.3 Å². The molecule has 2 aromatic rings. The standard InChI is InChI=1S/C12H11N.CH3F/c1-10-7-8-13-12(9-10)11-5-3-2-4-6-11;1-2/h2-9H,1H3;1H3. The minimum atomic E-state index is 0.500. The summed E-state index contributed by atoms with van der Waals surface area (Å²) in [4.78, 5) is 4.31. The highest BCUT2D eigenvalue weighted by Crippen LogP contribution is 2.16. The average Bonchev–Trinajstić information content (AvgIpc) is 2.33. The van der Waals surface area contributed by atoms with Crippen LogP contribution in [0, 0.1) is 6.92 Å². The Hall–Kier alpha value is -1.70. The normalized spacial score (nSPS) is 9.00. The first kappa shape index (κ1) is 11.4. The maximum Gasteiger partial charge on any atom is 0.0785 e. The maximum atomic E-state index is 9.50. The van der Waals surface area contributed by atoms with Gasteiger partial charge in [0.15, 0.2) is 0 Å². The lowest BCUT2D eigenvalue weighted by molar-refractivity contribution is 0.636. The van der Waals surface area contributed by atoms with Gasteiger partial charge in [0.25, 0.3) is 0 Å². The number of aryl methyl sites for hydroxylation is 1. The third-order valence-electron chi connectivity index (χ3n) is 1.98. The number of hydrogen-bond acceptors (Lipinski definition) is 1. The van der Waals surface area contributed by atoms with Gasteiger partial charge in [-0.25, -0.2) is 0 Å². The van der Waals surface area contributed by atoms with Gasteiger partial charge < -0.3 is 0 Å². The molecule has 0 bridgehead atoms. The Labute approximate surface area is 89.6 Å². The Morgan fingerprint density at radius 2 is 1.67 bits per heavy atom. The third-order valence-corrected chi connectivity index (χ3v) is 1.98. The van der Waals surface area contributed by atoms with E-state index in [-0.39, 0.29) is 0 Å². The number of hydrogen-bond donors (Lipinski definition) is 0. The Kier molecular flexibility index (Phi) is 4.48. The smallest absolute Gasteiger partial charge is 0.0785 e. The summed E-state index contributed by atoms with van der Waals surface area (Å²) in [6.07, 6.45) is 1.84. The van der Waals surface area contributed by atoms with Crippen molar-refractivity contribution in [3.63, 3.8) is 0 Å². The Morgan fingerprint density at radius 1 is 1.00 bits per heavy atom. The topological polar surface area (TPSA) is 12.9 Å². The molecule has 0 aliphatic heterocycles. The number of halogens is 1. The van der Waals surface area contributed by atoms with Crippen molar-refractivity contribution in [2.24, 2.45) is 0 Å². The number of benzene rings is 1. The third kappa shape index (κ3) is 3.17. The molecule has 1 aromatic carbocycles. The van der Waals surface area contributed by atoms with Crippen LogP contribution in [0.1, 0.15) is 5.56 Å². The molecule has 15 heavy (non-hydrogen) atoms. The van der Waals surface area contributed by atoms with E-state index in [0.29, 0.717) is 7.18 Å². The minimum absolute atomic E-state index is 0.500. The van der Waals surface area contributed by atoms with Gasteiger partial charge in [0.05, 0.1) is 12.9 Å². The van der Waals surface area contributed by atoms with Crippen molar-refractivity contribution in [3.05, 3.63) is 54.2 Å². The highest BCUT2D eigenvalue weighted by Gasteiger charge is 1.96. The highest BCUT2D eigenvalue weighted by molar-refractivity contribution is 5.59. The van der Waals surface area contributed by atoms with Crippen LogP contribution in [0.25, 0.3) is 11.3 Å². The predicted octanol–water partition coefficient (Wildman–Crippen LogP) is 3.64. The Bertz CT molecular complexity index is 398. The molecule has 2 rings (SSSR count). The quantitative estimate of drug-likeness (QED) is 0.689. The van der Waals surface area contributed by atoms with Crippen molar-refractivity contribution in [2.45, 2.75) is 6.92 Å². The molecule has 0 N–H and O–H groups in total. The summed E-state index contributed by atoms with van der Waals surface area (Å²) in [7, 11) is 0.500. The van der Waals surface area contributed by atoms with Gasteiger partial charge in [0, 0.05) is 11.8 Å². The van der Waals surface area contributed by atoms with E-state index >= 15 is 0 Å². The first-order valence-electron chi connectivity index (χ1n) is 4.72. The maximum absolute atomic E-state index is 9.50. The van der Waals surface area contributed by atoms with E-state index in [1.165, 1.54) is 11.1 Å². The molecule has 1 aromatic heterocycles. The average molecular weight is 203 g/mol. The highest BCUT2D eigenvalue weighted by atomic mass is 19.1. The van der Waals surface area contributed by atoms with Crippen molar-refractivity contribution >= 4 is 0 Å². The zero-order chi connectivity index (χ0) is 11.1. The van der Waals surface area contributed by atoms with E-state index in [0.717, 1.165) is 5.69 Å². The van der Waals surface area contributed by atoms with Crippen molar-refractivity contribution in [1.82, 2.24) is 4.98 Å². The summed E-state index contributed by atoms with van der Waals surface area (Å²) in [5.74, 6) is 0. The molecule has 0 amide bonds. The fourth-order valence-electron chi connectivity index (χ4n) is 1.30. The summed E-state index contributed by atoms with van der Waals surface area (Å²) >= 11 is 0. The van der Waals surface area contributed by atoms with Gasteiger partial charge in [-0.2, -0.15) is 0 Å². The van der Waals surface area contributed by atoms with Gasteiger partial charge >= 0.3 is 0 Å². The van der Waals surface area contributed by atoms with E-state index in [4.69, 9.17) is 0 Å². The van der Waals surface area contributed by atoms with Crippen LogP contribution in [-0.4, -0.2) is 12.2 Å². The molecule has 0 fully saturated rings. The predicted molar refractivity (Wildman–Crippen MR) is 61.4 cm³/mol. The lowest BCUT2D eigenvalue weighted by Crippen LogP contribution is -1.82. The largest absolute Gasteiger partial charge is 0.256 e. The van der Waals surface area contributed by atoms with Gasteiger partial charge in [-0.3, -0.25) is 9.37 Å². The first-order chi connectivity index (χ1) is 7.36. The number of rotatable bonds is 1. The molecule has 0 saturated carbocycles. The number of pyridine rings is 1. The molecule has 0 atom stereocenters. The molecule has 0 aliphatic rings. The van der Waals surface area contributed by atoms with Crippen LogP contribution in [0.15, 0.2) is 48.7 Å². The Balaban J connectivity index is 0.000000531. The van der Waals surface area contributed by atoms with Crippen LogP contribution >= 0.6 is 0 Å². The molecule has 0 saturated heterocycles. The van der Waals surface area contributed by atoms with Crippen LogP contribution in [-0.2, 0) is 0 Å². The fourth-order valence-corrected chi connectivity index (χ4v) is 1.30. The fraction of sp³-hybridized carbons (Fsp3) is 0.154. The van der Waals surface area contributed by atoms with Crippen molar-refractivity contribution < 1.29 is 4.39 Å². The van der Waals surface area contributed by atoms with Crippen LogP contribution in [0.3, 0.4) is 0 Å². The zero-order valence-electron chi connectivity index (χ0n) is 8.94. The SMILES string of the molecule is CF.Cc1ccnc(-c2ccccc2)c1. The number of alkyl halides is 1. The summed E-state index contributed by atoms with van der Waals surface area (Å²) in [5.41, 5.74) is 3.46. The van der Waals surface area contributed by atoms with Crippen LogP contribution in [0.4, 0.5) is 4.39 Å². The minimum Gasteiger partial charge on any atom is -0.256 e. The summed E-state index contributed by atoms with van der Waals surface area (Å²) in [5, 5.41) is 0. The summed E-state index contributed by atoms with van der Waals surface area (Å²) < 4.78 is 9.50. The van der Waals surface area contributed by atoms with Crippen molar-refractivity contribution in [1.29, 1.82) is 0 Å². The molecule has 78 valence electrons. The molecule has 0 unspecified atom stereocenters. The summed E-state index contributed by atoms with van der Waals surface area (Å²) in [6, 6.07) is 14.3. The van der Waals surface area contributed by atoms with Gasteiger partial charge in [0.2, 0.25) is 0 Å². The van der Waals surface area contributed by atoms with Crippen molar-refractivity contribution in [3.8, 4) is 11.3 Å². The van der Waals surface area contributed by atoms with Crippen LogP contribution < -0.4 is 0 Å². The van der Waals surface area contributed by atoms with Gasteiger partial charge in [-0.15, -0.1) is 0 Å². The first-order valence-corrected chi connectivity index (χ1v) is 4.72. The molecule has 1 nitrogen and oxygen atoms in total. The van der Waals surface area contributed by atoms with E-state index in [2.05, 4.69) is 30.1 Å². The Morgan fingerprint density at radius 3 is 2.27 bits per heavy atom. The number of nitrogens with zero attached hydrogens (tertiary/aromatic N) is 1. The molecule has 2 heteroatoms. The zero-order valence-corrected chi connectivity index (χ0v) is 8.94. The van der Waals surface area contributed by atoms with Crippen LogP contribution in [0.2, 0.25) is 0 Å². The molecular formula is C13H14FN. The van der Waals surface area contributed by atoms with Crippen molar-refractivity contribution in [2.75, 3.05) is 7.18 Å². The molecule has 1 heterocycles. The molecule has 0 radical (unpaired) electrons. The molecular weight excluding hydrogens is 189 g/mol.